The first kappa shape index (κ1) is 14.5. The molecule has 100 valence electrons. The predicted octanol–water partition coefficient (Wildman–Crippen LogP) is 0.849. The van der Waals surface area contributed by atoms with Gasteiger partial charge in [0.2, 0.25) is 0 Å². The van der Waals surface area contributed by atoms with Gasteiger partial charge in [-0.25, -0.2) is 4.57 Å². The molecule has 1 heterocycles. The SMILES string of the molecule is C[n+]1cc(-c2ccccc2)cc(-c2ccccc2)c1.[Br-]. The van der Waals surface area contributed by atoms with Gasteiger partial charge in [-0.1, -0.05) is 60.7 Å². The summed E-state index contributed by atoms with van der Waals surface area (Å²) in [7, 11) is 2.07. The molecule has 0 spiro atoms. The minimum Gasteiger partial charge on any atom is -1.00 e. The molecule has 1 nitrogen and oxygen atoms in total. The first-order chi connectivity index (χ1) is 9.33. The molecule has 0 aliphatic heterocycles. The Labute approximate surface area is 130 Å². The summed E-state index contributed by atoms with van der Waals surface area (Å²) in [4.78, 5) is 0. The molecule has 3 aromatic rings. The molecular formula is C18H16BrN. The van der Waals surface area contributed by atoms with Gasteiger partial charge >= 0.3 is 0 Å². The van der Waals surface area contributed by atoms with E-state index in [0.717, 1.165) is 0 Å². The highest BCUT2D eigenvalue weighted by atomic mass is 79.9. The van der Waals surface area contributed by atoms with Gasteiger partial charge in [0.25, 0.3) is 0 Å². The number of halogens is 1. The van der Waals surface area contributed by atoms with E-state index in [2.05, 4.69) is 78.6 Å². The summed E-state index contributed by atoms with van der Waals surface area (Å²) >= 11 is 0. The van der Waals surface area contributed by atoms with Crippen molar-refractivity contribution >= 4 is 0 Å². The summed E-state index contributed by atoms with van der Waals surface area (Å²) in [5, 5.41) is 0. The number of rotatable bonds is 2. The van der Waals surface area contributed by atoms with E-state index >= 15 is 0 Å². The Morgan fingerprint density at radius 1 is 0.600 bits per heavy atom. The van der Waals surface area contributed by atoms with Crippen molar-refractivity contribution in [2.45, 2.75) is 0 Å². The van der Waals surface area contributed by atoms with Gasteiger partial charge in [-0.15, -0.1) is 0 Å². The highest BCUT2D eigenvalue weighted by Crippen LogP contribution is 2.24. The average molecular weight is 326 g/mol. The van der Waals surface area contributed by atoms with Gasteiger partial charge in [0.15, 0.2) is 12.4 Å². The van der Waals surface area contributed by atoms with Crippen LogP contribution in [0.3, 0.4) is 0 Å². The summed E-state index contributed by atoms with van der Waals surface area (Å²) in [6, 6.07) is 23.2. The monoisotopic (exact) mass is 325 g/mol. The molecule has 0 bridgehead atoms. The fraction of sp³-hybridized carbons (Fsp3) is 0.0556. The van der Waals surface area contributed by atoms with Crippen molar-refractivity contribution in [2.75, 3.05) is 0 Å². The lowest BCUT2D eigenvalue weighted by Crippen LogP contribution is -3.00. The number of benzene rings is 2. The molecule has 0 unspecified atom stereocenters. The molecule has 2 aromatic carbocycles. The summed E-state index contributed by atoms with van der Waals surface area (Å²) < 4.78 is 2.12. The molecule has 3 rings (SSSR count). The molecule has 0 atom stereocenters. The van der Waals surface area contributed by atoms with Crippen molar-refractivity contribution in [3.8, 4) is 22.3 Å². The number of nitrogens with zero attached hydrogens (tertiary/aromatic N) is 1. The first-order valence-corrected chi connectivity index (χ1v) is 6.44. The number of hydrogen-bond acceptors (Lipinski definition) is 0. The predicted molar refractivity (Wildman–Crippen MR) is 78.5 cm³/mol. The molecule has 0 aliphatic rings. The van der Waals surface area contributed by atoms with Gasteiger partial charge < -0.3 is 17.0 Å². The molecule has 1 aromatic heterocycles. The standard InChI is InChI=1S/C18H16N.BrH/c1-19-13-17(15-8-4-2-5-9-15)12-18(14-19)16-10-6-3-7-11-16;/h2-14H,1H3;1H/q+1;/p-1. The van der Waals surface area contributed by atoms with Gasteiger partial charge in [-0.05, 0) is 17.2 Å². The van der Waals surface area contributed by atoms with E-state index in [1.54, 1.807) is 0 Å². The summed E-state index contributed by atoms with van der Waals surface area (Å²) in [6.07, 6.45) is 4.31. The van der Waals surface area contributed by atoms with E-state index in [1.807, 2.05) is 12.1 Å². The minimum atomic E-state index is 0. The van der Waals surface area contributed by atoms with Gasteiger partial charge in [-0.2, -0.15) is 0 Å². The first-order valence-electron chi connectivity index (χ1n) is 6.44. The average Bonchev–Trinajstić information content (AvgIpc) is 2.48. The van der Waals surface area contributed by atoms with E-state index in [0.29, 0.717) is 0 Å². The number of pyridine rings is 1. The molecule has 0 N–H and O–H groups in total. The van der Waals surface area contributed by atoms with E-state index in [9.17, 15) is 0 Å². The highest BCUT2D eigenvalue weighted by Gasteiger charge is 2.07. The van der Waals surface area contributed by atoms with Crippen molar-refractivity contribution in [3.63, 3.8) is 0 Å². The van der Waals surface area contributed by atoms with Crippen LogP contribution in [0.15, 0.2) is 79.1 Å². The lowest BCUT2D eigenvalue weighted by molar-refractivity contribution is -0.670. The Kier molecular flexibility index (Phi) is 4.70. The van der Waals surface area contributed by atoms with Crippen LogP contribution in [-0.2, 0) is 7.05 Å². The van der Waals surface area contributed by atoms with Crippen LogP contribution in [0.1, 0.15) is 0 Å². The lowest BCUT2D eigenvalue weighted by atomic mass is 10.0. The Morgan fingerprint density at radius 3 is 1.40 bits per heavy atom. The Morgan fingerprint density at radius 2 is 1.00 bits per heavy atom. The molecular weight excluding hydrogens is 310 g/mol. The van der Waals surface area contributed by atoms with Crippen LogP contribution in [0.5, 0.6) is 0 Å². The molecule has 20 heavy (non-hydrogen) atoms. The Hall–Kier alpha value is -1.93. The number of hydrogen-bond donors (Lipinski definition) is 0. The van der Waals surface area contributed by atoms with Crippen molar-refractivity contribution in [3.05, 3.63) is 79.1 Å². The summed E-state index contributed by atoms with van der Waals surface area (Å²) in [6.45, 7) is 0. The van der Waals surface area contributed by atoms with Gasteiger partial charge in [-0.3, -0.25) is 0 Å². The van der Waals surface area contributed by atoms with Crippen LogP contribution in [0.2, 0.25) is 0 Å². The summed E-state index contributed by atoms with van der Waals surface area (Å²) in [5.74, 6) is 0. The van der Waals surface area contributed by atoms with E-state index < -0.39 is 0 Å². The molecule has 2 heteroatoms. The van der Waals surface area contributed by atoms with Crippen molar-refractivity contribution < 1.29 is 21.5 Å². The second-order valence-corrected chi connectivity index (χ2v) is 4.71. The largest absolute Gasteiger partial charge is 1.00 e. The van der Waals surface area contributed by atoms with Gasteiger partial charge in [0.05, 0.1) is 0 Å². The van der Waals surface area contributed by atoms with E-state index in [1.165, 1.54) is 22.3 Å². The second kappa shape index (κ2) is 6.49. The zero-order valence-electron chi connectivity index (χ0n) is 11.3. The van der Waals surface area contributed by atoms with Gasteiger partial charge in [0.1, 0.15) is 7.05 Å². The quantitative estimate of drug-likeness (QED) is 0.615. The van der Waals surface area contributed by atoms with Crippen LogP contribution in [0.4, 0.5) is 0 Å². The molecule has 0 saturated heterocycles. The fourth-order valence-electron chi connectivity index (χ4n) is 2.30. The molecule has 0 fully saturated rings. The maximum absolute atomic E-state index is 2.24. The fourth-order valence-corrected chi connectivity index (χ4v) is 2.30. The molecule has 0 amide bonds. The third-order valence-electron chi connectivity index (χ3n) is 3.21. The maximum atomic E-state index is 2.24. The molecule has 0 radical (unpaired) electrons. The van der Waals surface area contributed by atoms with Crippen LogP contribution in [-0.4, -0.2) is 0 Å². The normalized spacial score (nSPS) is 9.85. The highest BCUT2D eigenvalue weighted by molar-refractivity contribution is 5.70. The van der Waals surface area contributed by atoms with E-state index in [-0.39, 0.29) is 17.0 Å². The molecule has 0 saturated carbocycles. The van der Waals surface area contributed by atoms with Crippen molar-refractivity contribution in [1.29, 1.82) is 0 Å². The third-order valence-corrected chi connectivity index (χ3v) is 3.21. The van der Waals surface area contributed by atoms with Gasteiger partial charge in [0, 0.05) is 11.1 Å². The van der Waals surface area contributed by atoms with E-state index in [4.69, 9.17) is 0 Å². The zero-order chi connectivity index (χ0) is 13.1. The maximum Gasteiger partial charge on any atom is 0.176 e. The summed E-state index contributed by atoms with van der Waals surface area (Å²) in [5.41, 5.74) is 4.97. The van der Waals surface area contributed by atoms with Crippen LogP contribution < -0.4 is 21.5 Å². The minimum absolute atomic E-state index is 0. The zero-order valence-corrected chi connectivity index (χ0v) is 12.9. The Balaban J connectivity index is 0.00000147. The smallest absolute Gasteiger partial charge is 0.176 e. The van der Waals surface area contributed by atoms with Crippen LogP contribution in [0.25, 0.3) is 22.3 Å². The van der Waals surface area contributed by atoms with Crippen LogP contribution >= 0.6 is 0 Å². The van der Waals surface area contributed by atoms with Crippen molar-refractivity contribution in [1.82, 2.24) is 0 Å². The topological polar surface area (TPSA) is 3.88 Å². The van der Waals surface area contributed by atoms with Crippen LogP contribution in [0, 0.1) is 0 Å². The molecule has 0 aliphatic carbocycles. The number of aryl methyl sites for hydroxylation is 1. The lowest BCUT2D eigenvalue weighted by Gasteiger charge is -2.04. The van der Waals surface area contributed by atoms with Crippen molar-refractivity contribution in [2.24, 2.45) is 7.05 Å². The Bertz CT molecular complexity index is 621. The third kappa shape index (κ3) is 3.14. The number of aromatic nitrogens is 1. The second-order valence-electron chi connectivity index (χ2n) is 4.71.